The first-order chi connectivity index (χ1) is 7.29. The van der Waals surface area contributed by atoms with Crippen LogP contribution in [-0.4, -0.2) is 22.5 Å². The maximum Gasteiger partial charge on any atom is 0.166 e. The summed E-state index contributed by atoms with van der Waals surface area (Å²) in [5, 5.41) is 11.6. The van der Waals surface area contributed by atoms with Gasteiger partial charge in [-0.2, -0.15) is 17.0 Å². The number of hydrogen-bond acceptors (Lipinski definition) is 4. The highest BCUT2D eigenvalue weighted by molar-refractivity contribution is 7.99. The van der Waals surface area contributed by atoms with Gasteiger partial charge in [-0.15, -0.1) is 0 Å². The minimum Gasteiger partial charge on any atom is -0.364 e. The molecule has 1 aromatic heterocycles. The summed E-state index contributed by atoms with van der Waals surface area (Å²) in [6.07, 6.45) is 2.42. The van der Waals surface area contributed by atoms with Gasteiger partial charge in [0.25, 0.3) is 0 Å². The maximum atomic E-state index is 13.4. The Kier molecular flexibility index (Phi) is 3.07. The molecule has 2 rings (SSSR count). The number of hydrogen-bond donors (Lipinski definition) is 1. The first kappa shape index (κ1) is 10.2. The average molecular weight is 223 g/mol. The molecule has 1 N–H and O–H groups in total. The minimum absolute atomic E-state index is 0.249. The minimum atomic E-state index is -0.453. The van der Waals surface area contributed by atoms with E-state index in [4.69, 9.17) is 5.26 Å². The molecule has 3 nitrogen and oxygen atoms in total. The predicted octanol–water partition coefficient (Wildman–Crippen LogP) is 2.01. The van der Waals surface area contributed by atoms with Crippen LogP contribution in [0.4, 0.5) is 10.2 Å². The normalized spacial score (nSPS) is 19.9. The quantitative estimate of drug-likeness (QED) is 0.833. The summed E-state index contributed by atoms with van der Waals surface area (Å²) in [6, 6.07) is 3.36. The van der Waals surface area contributed by atoms with Gasteiger partial charge in [-0.05, 0) is 18.2 Å². The number of nitrogens with zero attached hydrogens (tertiary/aromatic N) is 2. The first-order valence-corrected chi connectivity index (χ1v) is 5.85. The Morgan fingerprint density at radius 1 is 1.67 bits per heavy atom. The monoisotopic (exact) mass is 223 g/mol. The van der Waals surface area contributed by atoms with Gasteiger partial charge in [0, 0.05) is 18.0 Å². The number of pyridine rings is 1. The van der Waals surface area contributed by atoms with Crippen LogP contribution in [0.25, 0.3) is 0 Å². The van der Waals surface area contributed by atoms with Gasteiger partial charge in [-0.1, -0.05) is 0 Å². The van der Waals surface area contributed by atoms with E-state index in [2.05, 4.69) is 10.3 Å². The number of thioether (sulfide) groups is 1. The maximum absolute atomic E-state index is 13.4. The van der Waals surface area contributed by atoms with Gasteiger partial charge in [-0.25, -0.2) is 9.37 Å². The lowest BCUT2D eigenvalue weighted by atomic mass is 10.2. The van der Waals surface area contributed by atoms with E-state index in [-0.39, 0.29) is 11.4 Å². The van der Waals surface area contributed by atoms with Crippen molar-refractivity contribution in [3.8, 4) is 6.07 Å². The van der Waals surface area contributed by atoms with E-state index < -0.39 is 5.82 Å². The molecular weight excluding hydrogens is 213 g/mol. The van der Waals surface area contributed by atoms with Crippen molar-refractivity contribution in [3.05, 3.63) is 23.6 Å². The number of nitrogens with one attached hydrogen (secondary N) is 1. The molecule has 0 saturated carbocycles. The smallest absolute Gasteiger partial charge is 0.166 e. The zero-order valence-electron chi connectivity index (χ0n) is 8.03. The Morgan fingerprint density at radius 3 is 3.13 bits per heavy atom. The molecule has 0 unspecified atom stereocenters. The fraction of sp³-hybridized carbons (Fsp3) is 0.400. The lowest BCUT2D eigenvalue weighted by Crippen LogP contribution is -2.19. The van der Waals surface area contributed by atoms with Gasteiger partial charge in [0.1, 0.15) is 6.07 Å². The van der Waals surface area contributed by atoms with Crippen molar-refractivity contribution in [1.82, 2.24) is 4.98 Å². The van der Waals surface area contributed by atoms with Crippen molar-refractivity contribution in [2.24, 2.45) is 0 Å². The summed E-state index contributed by atoms with van der Waals surface area (Å²) in [5.41, 5.74) is 0.249. The summed E-state index contributed by atoms with van der Waals surface area (Å²) in [7, 11) is 0. The van der Waals surface area contributed by atoms with E-state index in [1.807, 2.05) is 17.8 Å². The van der Waals surface area contributed by atoms with Crippen LogP contribution >= 0.6 is 11.8 Å². The van der Waals surface area contributed by atoms with Gasteiger partial charge in [0.05, 0.1) is 5.56 Å². The number of rotatable bonds is 2. The summed E-state index contributed by atoms with van der Waals surface area (Å²) in [4.78, 5) is 3.89. The Bertz CT molecular complexity index is 396. The van der Waals surface area contributed by atoms with Crippen LogP contribution in [0, 0.1) is 17.1 Å². The lowest BCUT2D eigenvalue weighted by molar-refractivity contribution is 0.619. The van der Waals surface area contributed by atoms with Crippen molar-refractivity contribution >= 4 is 17.6 Å². The van der Waals surface area contributed by atoms with Crippen LogP contribution in [0.5, 0.6) is 0 Å². The zero-order valence-corrected chi connectivity index (χ0v) is 8.85. The Labute approximate surface area is 91.7 Å². The van der Waals surface area contributed by atoms with Gasteiger partial charge in [0.15, 0.2) is 11.6 Å². The molecule has 1 aliphatic heterocycles. The molecule has 0 aromatic carbocycles. The zero-order chi connectivity index (χ0) is 10.7. The van der Waals surface area contributed by atoms with Crippen molar-refractivity contribution in [2.75, 3.05) is 16.8 Å². The van der Waals surface area contributed by atoms with E-state index in [1.165, 1.54) is 12.3 Å². The van der Waals surface area contributed by atoms with E-state index in [9.17, 15) is 4.39 Å². The van der Waals surface area contributed by atoms with E-state index in [0.717, 1.165) is 17.9 Å². The predicted molar refractivity (Wildman–Crippen MR) is 58.3 cm³/mol. The lowest BCUT2D eigenvalue weighted by Gasteiger charge is -2.12. The largest absolute Gasteiger partial charge is 0.364 e. The van der Waals surface area contributed by atoms with Crippen molar-refractivity contribution < 1.29 is 4.39 Å². The van der Waals surface area contributed by atoms with Gasteiger partial charge < -0.3 is 5.32 Å². The average Bonchev–Trinajstić information content (AvgIpc) is 2.74. The highest BCUT2D eigenvalue weighted by atomic mass is 32.2. The fourth-order valence-corrected chi connectivity index (χ4v) is 2.60. The van der Waals surface area contributed by atoms with Crippen molar-refractivity contribution in [2.45, 2.75) is 12.5 Å². The fourth-order valence-electron chi connectivity index (χ4n) is 1.45. The third kappa shape index (κ3) is 2.39. The topological polar surface area (TPSA) is 48.7 Å². The molecule has 1 aliphatic rings. The number of halogens is 1. The molecule has 5 heteroatoms. The standard InChI is InChI=1S/C10H10FN3S/c11-9-3-7(4-12)5-13-10(9)14-8-1-2-15-6-8/h3,5,8H,1-2,6H2,(H,13,14)/t8-/m1/s1. The second-order valence-corrected chi connectivity index (χ2v) is 4.52. The van der Waals surface area contributed by atoms with E-state index >= 15 is 0 Å². The summed E-state index contributed by atoms with van der Waals surface area (Å²) in [6.45, 7) is 0. The van der Waals surface area contributed by atoms with Gasteiger partial charge in [0.2, 0.25) is 0 Å². The third-order valence-corrected chi connectivity index (χ3v) is 3.40. The molecule has 0 radical (unpaired) electrons. The van der Waals surface area contributed by atoms with Crippen LogP contribution in [0.3, 0.4) is 0 Å². The highest BCUT2D eigenvalue weighted by Gasteiger charge is 2.17. The van der Waals surface area contributed by atoms with Gasteiger partial charge >= 0.3 is 0 Å². The Balaban J connectivity index is 2.11. The molecule has 2 heterocycles. The summed E-state index contributed by atoms with van der Waals surface area (Å²) >= 11 is 1.85. The highest BCUT2D eigenvalue weighted by Crippen LogP contribution is 2.21. The molecule has 1 fully saturated rings. The summed E-state index contributed by atoms with van der Waals surface area (Å²) in [5.74, 6) is 1.89. The van der Waals surface area contributed by atoms with E-state index in [0.29, 0.717) is 6.04 Å². The summed E-state index contributed by atoms with van der Waals surface area (Å²) < 4.78 is 13.4. The molecule has 0 bridgehead atoms. The third-order valence-electron chi connectivity index (χ3n) is 2.24. The molecule has 78 valence electrons. The van der Waals surface area contributed by atoms with Crippen molar-refractivity contribution in [1.29, 1.82) is 5.26 Å². The van der Waals surface area contributed by atoms with Crippen molar-refractivity contribution in [3.63, 3.8) is 0 Å². The number of anilines is 1. The molecule has 15 heavy (non-hydrogen) atoms. The van der Waals surface area contributed by atoms with Gasteiger partial charge in [-0.3, -0.25) is 0 Å². The van der Waals surface area contributed by atoms with Crippen LogP contribution in [0.1, 0.15) is 12.0 Å². The van der Waals surface area contributed by atoms with Crippen LogP contribution in [-0.2, 0) is 0 Å². The van der Waals surface area contributed by atoms with Crippen LogP contribution in [0.2, 0.25) is 0 Å². The van der Waals surface area contributed by atoms with Crippen LogP contribution < -0.4 is 5.32 Å². The molecule has 0 spiro atoms. The van der Waals surface area contributed by atoms with Crippen LogP contribution in [0.15, 0.2) is 12.3 Å². The number of nitriles is 1. The van der Waals surface area contributed by atoms with E-state index in [1.54, 1.807) is 0 Å². The number of aromatic nitrogens is 1. The first-order valence-electron chi connectivity index (χ1n) is 4.69. The second-order valence-electron chi connectivity index (χ2n) is 3.37. The molecular formula is C10H10FN3S. The molecule has 1 atom stereocenters. The molecule has 0 aliphatic carbocycles. The Morgan fingerprint density at radius 2 is 2.53 bits per heavy atom. The molecule has 0 amide bonds. The SMILES string of the molecule is N#Cc1cnc(N[C@@H]2CCSC2)c(F)c1. The molecule has 1 aromatic rings. The second kappa shape index (κ2) is 4.49. The molecule has 1 saturated heterocycles. The Hall–Kier alpha value is -1.28.